The van der Waals surface area contributed by atoms with Crippen LogP contribution in [0.5, 0.6) is 0 Å². The number of rotatable bonds is 5. The molecule has 0 radical (unpaired) electrons. The van der Waals surface area contributed by atoms with Crippen molar-refractivity contribution in [3.05, 3.63) is 46.1 Å². The van der Waals surface area contributed by atoms with E-state index in [1.807, 2.05) is 36.1 Å². The Kier molecular flexibility index (Phi) is 5.25. The van der Waals surface area contributed by atoms with E-state index >= 15 is 0 Å². The molecule has 0 spiro atoms. The Morgan fingerprint density at radius 3 is 2.48 bits per heavy atom. The summed E-state index contributed by atoms with van der Waals surface area (Å²) < 4.78 is 2.76. The van der Waals surface area contributed by atoms with Crippen LogP contribution in [0.25, 0.3) is 0 Å². The van der Waals surface area contributed by atoms with Crippen LogP contribution in [0.15, 0.2) is 29.1 Å². The Bertz CT molecular complexity index is 980. The Morgan fingerprint density at radius 1 is 1.14 bits per heavy atom. The van der Waals surface area contributed by atoms with Crippen LogP contribution in [0.4, 0.5) is 5.69 Å². The second-order valence-electron chi connectivity index (χ2n) is 8.09. The third-order valence-electron chi connectivity index (χ3n) is 5.89. The van der Waals surface area contributed by atoms with Crippen molar-refractivity contribution in [2.75, 3.05) is 18.4 Å². The van der Waals surface area contributed by atoms with Gasteiger partial charge in [0.1, 0.15) is 12.4 Å². The predicted octanol–water partition coefficient (Wildman–Crippen LogP) is 1.64. The molecule has 29 heavy (non-hydrogen) atoms. The van der Waals surface area contributed by atoms with Gasteiger partial charge < -0.3 is 10.2 Å². The number of carbonyl (C=O) groups excluding carboxylic acids is 2. The number of para-hydroxylation sites is 1. The molecule has 8 heteroatoms. The molecule has 1 saturated carbocycles. The van der Waals surface area contributed by atoms with Crippen LogP contribution >= 0.6 is 0 Å². The zero-order valence-electron chi connectivity index (χ0n) is 16.9. The van der Waals surface area contributed by atoms with Crippen LogP contribution in [0.3, 0.4) is 0 Å². The van der Waals surface area contributed by atoms with E-state index in [4.69, 9.17) is 0 Å². The maximum atomic E-state index is 12.6. The van der Waals surface area contributed by atoms with E-state index in [2.05, 4.69) is 10.4 Å². The van der Waals surface area contributed by atoms with Gasteiger partial charge in [-0.3, -0.25) is 14.2 Å². The fraction of sp³-hybridized carbons (Fsp3) is 0.524. The highest BCUT2D eigenvalue weighted by molar-refractivity contribution is 5.91. The van der Waals surface area contributed by atoms with E-state index in [0.717, 1.165) is 36.9 Å². The quantitative estimate of drug-likeness (QED) is 0.831. The lowest BCUT2D eigenvalue weighted by Crippen LogP contribution is -2.39. The zero-order chi connectivity index (χ0) is 20.5. The van der Waals surface area contributed by atoms with Gasteiger partial charge in [0.2, 0.25) is 11.8 Å². The molecule has 8 nitrogen and oxygen atoms in total. The summed E-state index contributed by atoms with van der Waals surface area (Å²) in [6.07, 6.45) is 3.61. The molecule has 1 aromatic carbocycles. The van der Waals surface area contributed by atoms with E-state index in [9.17, 15) is 14.4 Å². The number of amides is 2. The molecule has 1 saturated heterocycles. The Balaban J connectivity index is 1.41. The SMILES string of the molecule is Cc1ccccc1NC(=O)Cn1nc(C2CCN(C(=O)C3CC3)CC2)n(C)c1=O. The summed E-state index contributed by atoms with van der Waals surface area (Å²) in [5, 5.41) is 7.29. The van der Waals surface area contributed by atoms with Crippen molar-refractivity contribution >= 4 is 17.5 Å². The molecular formula is C21H27N5O3. The summed E-state index contributed by atoms with van der Waals surface area (Å²) in [6, 6.07) is 7.51. The molecule has 1 aliphatic carbocycles. The minimum absolute atomic E-state index is 0.122. The summed E-state index contributed by atoms with van der Waals surface area (Å²) in [6.45, 7) is 3.20. The van der Waals surface area contributed by atoms with Gasteiger partial charge >= 0.3 is 5.69 Å². The molecule has 154 valence electrons. The van der Waals surface area contributed by atoms with Gasteiger partial charge in [-0.15, -0.1) is 0 Å². The molecule has 2 aromatic rings. The summed E-state index contributed by atoms with van der Waals surface area (Å²) >= 11 is 0. The third kappa shape index (κ3) is 4.11. The van der Waals surface area contributed by atoms with Gasteiger partial charge in [-0.05, 0) is 44.2 Å². The van der Waals surface area contributed by atoms with E-state index in [1.54, 1.807) is 7.05 Å². The first kappa shape index (κ1) is 19.4. The van der Waals surface area contributed by atoms with Gasteiger partial charge in [0.05, 0.1) is 0 Å². The van der Waals surface area contributed by atoms with Crippen LogP contribution < -0.4 is 11.0 Å². The monoisotopic (exact) mass is 397 g/mol. The highest BCUT2D eigenvalue weighted by atomic mass is 16.2. The lowest BCUT2D eigenvalue weighted by Gasteiger charge is -2.31. The van der Waals surface area contributed by atoms with Crippen LogP contribution in [-0.2, 0) is 23.2 Å². The van der Waals surface area contributed by atoms with Crippen LogP contribution in [0.2, 0.25) is 0 Å². The second kappa shape index (κ2) is 7.85. The number of anilines is 1. The number of hydrogen-bond donors (Lipinski definition) is 1. The van der Waals surface area contributed by atoms with Crippen molar-refractivity contribution in [2.24, 2.45) is 13.0 Å². The van der Waals surface area contributed by atoms with Gasteiger partial charge in [0, 0.05) is 37.7 Å². The number of aromatic nitrogens is 3. The summed E-state index contributed by atoms with van der Waals surface area (Å²) in [7, 11) is 1.70. The third-order valence-corrected chi connectivity index (χ3v) is 5.89. The minimum atomic E-state index is -0.295. The highest BCUT2D eigenvalue weighted by Crippen LogP contribution is 2.33. The number of piperidine rings is 1. The summed E-state index contributed by atoms with van der Waals surface area (Å²) in [5.74, 6) is 1.04. The molecule has 2 fully saturated rings. The van der Waals surface area contributed by atoms with Crippen molar-refractivity contribution in [1.82, 2.24) is 19.2 Å². The topological polar surface area (TPSA) is 89.2 Å². The number of likely N-dealkylation sites (tertiary alicyclic amines) is 1. The van der Waals surface area contributed by atoms with E-state index in [-0.39, 0.29) is 35.9 Å². The highest BCUT2D eigenvalue weighted by Gasteiger charge is 2.36. The zero-order valence-corrected chi connectivity index (χ0v) is 16.9. The van der Waals surface area contributed by atoms with Crippen LogP contribution in [-0.4, -0.2) is 44.2 Å². The van der Waals surface area contributed by atoms with Crippen LogP contribution in [0.1, 0.15) is 43.0 Å². The minimum Gasteiger partial charge on any atom is -0.342 e. The van der Waals surface area contributed by atoms with Gasteiger partial charge in [0.25, 0.3) is 0 Å². The van der Waals surface area contributed by atoms with Gasteiger partial charge in [-0.25, -0.2) is 9.48 Å². The summed E-state index contributed by atoms with van der Waals surface area (Å²) in [5.41, 5.74) is 1.40. The Morgan fingerprint density at radius 2 is 1.83 bits per heavy atom. The normalized spacial score (nSPS) is 17.4. The Hall–Kier alpha value is -2.90. The molecule has 1 aromatic heterocycles. The maximum Gasteiger partial charge on any atom is 0.346 e. The molecule has 0 atom stereocenters. The van der Waals surface area contributed by atoms with E-state index in [1.165, 1.54) is 9.25 Å². The smallest absolute Gasteiger partial charge is 0.342 e. The van der Waals surface area contributed by atoms with Crippen molar-refractivity contribution in [3.63, 3.8) is 0 Å². The average molecular weight is 397 g/mol. The standard InChI is InChI=1S/C21H27N5O3/c1-14-5-3-4-6-17(14)22-18(27)13-26-21(29)24(2)19(23-26)15-9-11-25(12-10-15)20(28)16-7-8-16/h3-6,15-16H,7-13H2,1-2H3,(H,22,27). The number of nitrogens with one attached hydrogen (secondary N) is 1. The van der Waals surface area contributed by atoms with Gasteiger partial charge in [-0.2, -0.15) is 5.10 Å². The largest absolute Gasteiger partial charge is 0.346 e. The second-order valence-corrected chi connectivity index (χ2v) is 8.09. The fourth-order valence-corrected chi connectivity index (χ4v) is 3.95. The van der Waals surface area contributed by atoms with Gasteiger partial charge in [0.15, 0.2) is 0 Å². The molecule has 4 rings (SSSR count). The first-order valence-corrected chi connectivity index (χ1v) is 10.2. The molecular weight excluding hydrogens is 370 g/mol. The van der Waals surface area contributed by atoms with Crippen molar-refractivity contribution in [1.29, 1.82) is 0 Å². The van der Waals surface area contributed by atoms with E-state index in [0.29, 0.717) is 18.9 Å². The predicted molar refractivity (Wildman–Crippen MR) is 109 cm³/mol. The summed E-state index contributed by atoms with van der Waals surface area (Å²) in [4.78, 5) is 39.2. The number of hydrogen-bond acceptors (Lipinski definition) is 4. The van der Waals surface area contributed by atoms with Crippen molar-refractivity contribution in [3.8, 4) is 0 Å². The van der Waals surface area contributed by atoms with E-state index < -0.39 is 0 Å². The molecule has 1 aliphatic heterocycles. The van der Waals surface area contributed by atoms with Crippen molar-refractivity contribution in [2.45, 2.75) is 45.1 Å². The number of aryl methyl sites for hydroxylation is 1. The molecule has 2 amide bonds. The molecule has 1 N–H and O–H groups in total. The van der Waals surface area contributed by atoms with Crippen molar-refractivity contribution < 1.29 is 9.59 Å². The lowest BCUT2D eigenvalue weighted by atomic mass is 9.95. The Labute approximate surface area is 169 Å². The molecule has 2 heterocycles. The van der Waals surface area contributed by atoms with Crippen LogP contribution in [0, 0.1) is 12.8 Å². The molecule has 0 unspecified atom stereocenters. The fourth-order valence-electron chi connectivity index (χ4n) is 3.95. The van der Waals surface area contributed by atoms with Gasteiger partial charge in [-0.1, -0.05) is 18.2 Å². The first-order chi connectivity index (χ1) is 13.9. The molecule has 2 aliphatic rings. The average Bonchev–Trinajstić information content (AvgIpc) is 3.53. The lowest BCUT2D eigenvalue weighted by molar-refractivity contribution is -0.133. The molecule has 0 bridgehead atoms. The number of nitrogens with zero attached hydrogens (tertiary/aromatic N) is 4. The number of benzene rings is 1. The first-order valence-electron chi connectivity index (χ1n) is 10.2. The number of carbonyl (C=O) groups is 2. The maximum absolute atomic E-state index is 12.6.